The van der Waals surface area contributed by atoms with Gasteiger partial charge >= 0.3 is 0 Å². The molecule has 1 aliphatic carbocycles. The average molecular weight is 423 g/mol. The van der Waals surface area contributed by atoms with Gasteiger partial charge in [0.25, 0.3) is 0 Å². The van der Waals surface area contributed by atoms with Crippen molar-refractivity contribution in [3.63, 3.8) is 0 Å². The molecule has 0 bridgehead atoms. The van der Waals surface area contributed by atoms with E-state index in [1.54, 1.807) is 30.3 Å². The van der Waals surface area contributed by atoms with E-state index in [0.29, 0.717) is 34.9 Å². The number of nitrogens with zero attached hydrogens (tertiary/aromatic N) is 2. The lowest BCUT2D eigenvalue weighted by Gasteiger charge is -2.14. The highest BCUT2D eigenvalue weighted by Gasteiger charge is 2.24. The molecule has 0 radical (unpaired) electrons. The Bertz CT molecular complexity index is 1230. The summed E-state index contributed by atoms with van der Waals surface area (Å²) in [7, 11) is -3.83. The first-order valence-corrected chi connectivity index (χ1v) is 10.9. The van der Waals surface area contributed by atoms with Gasteiger partial charge in [-0.3, -0.25) is 0 Å². The fourth-order valence-electron chi connectivity index (χ4n) is 3.04. The van der Waals surface area contributed by atoms with Crippen molar-refractivity contribution in [3.05, 3.63) is 66.0 Å². The second kappa shape index (κ2) is 7.86. The van der Waals surface area contributed by atoms with Gasteiger partial charge in [0.15, 0.2) is 0 Å². The third-order valence-electron chi connectivity index (χ3n) is 4.87. The molecule has 2 aromatic carbocycles. The Morgan fingerprint density at radius 1 is 1.10 bits per heavy atom. The van der Waals surface area contributed by atoms with Gasteiger partial charge in [-0.05, 0) is 66.8 Å². The lowest BCUT2D eigenvalue weighted by Crippen LogP contribution is -2.11. The number of rotatable bonds is 6. The van der Waals surface area contributed by atoms with Crippen LogP contribution in [0.3, 0.4) is 0 Å². The SMILES string of the molecule is N#Cc1cc(-c2ccc(S(N)(=O)=O)cc2)c(-c2ccc(F)cc2)nc1OCC1CC1. The number of sulfonamides is 1. The molecular weight excluding hydrogens is 405 g/mol. The zero-order chi connectivity index (χ0) is 21.3. The van der Waals surface area contributed by atoms with E-state index in [1.165, 1.54) is 24.3 Å². The van der Waals surface area contributed by atoms with E-state index in [9.17, 15) is 18.1 Å². The zero-order valence-corrected chi connectivity index (χ0v) is 16.7. The van der Waals surface area contributed by atoms with Gasteiger partial charge in [-0.1, -0.05) is 12.1 Å². The van der Waals surface area contributed by atoms with Crippen molar-refractivity contribution in [1.29, 1.82) is 5.26 Å². The number of halogens is 1. The fourth-order valence-corrected chi connectivity index (χ4v) is 3.56. The smallest absolute Gasteiger partial charge is 0.238 e. The van der Waals surface area contributed by atoms with E-state index in [1.807, 2.05) is 0 Å². The molecule has 4 rings (SSSR count). The largest absolute Gasteiger partial charge is 0.476 e. The summed E-state index contributed by atoms with van der Waals surface area (Å²) in [5, 5.41) is 14.8. The molecule has 0 amide bonds. The van der Waals surface area contributed by atoms with E-state index in [4.69, 9.17) is 9.88 Å². The van der Waals surface area contributed by atoms with Gasteiger partial charge in [0, 0.05) is 11.1 Å². The molecule has 2 N–H and O–H groups in total. The first kappa shape index (κ1) is 20.0. The van der Waals surface area contributed by atoms with E-state index >= 15 is 0 Å². The summed E-state index contributed by atoms with van der Waals surface area (Å²) in [5.41, 5.74) is 2.65. The average Bonchev–Trinajstić information content (AvgIpc) is 3.56. The molecule has 8 heteroatoms. The van der Waals surface area contributed by atoms with Gasteiger partial charge < -0.3 is 4.74 Å². The van der Waals surface area contributed by atoms with Crippen LogP contribution < -0.4 is 9.88 Å². The standard InChI is InChI=1S/C22H18FN3O3S/c23-18-7-3-16(4-8-18)21-20(15-5-9-19(10-6-15)30(25,27)28)11-17(12-24)22(26-21)29-13-14-1-2-14/h3-11,14H,1-2,13H2,(H2,25,27,28). The van der Waals surface area contributed by atoms with Crippen LogP contribution in [0.2, 0.25) is 0 Å². The van der Waals surface area contributed by atoms with E-state index in [-0.39, 0.29) is 22.2 Å². The van der Waals surface area contributed by atoms with Crippen LogP contribution in [0.1, 0.15) is 18.4 Å². The molecule has 0 saturated heterocycles. The summed E-state index contributed by atoms with van der Waals surface area (Å²) < 4.78 is 42.3. The Kier molecular flexibility index (Phi) is 5.24. The molecule has 0 unspecified atom stereocenters. The molecule has 1 fully saturated rings. The van der Waals surface area contributed by atoms with Gasteiger partial charge in [-0.2, -0.15) is 5.26 Å². The van der Waals surface area contributed by atoms with E-state index in [2.05, 4.69) is 11.1 Å². The lowest BCUT2D eigenvalue weighted by atomic mass is 9.98. The van der Waals surface area contributed by atoms with Crippen molar-refractivity contribution in [3.8, 4) is 34.3 Å². The minimum Gasteiger partial charge on any atom is -0.476 e. The summed E-state index contributed by atoms with van der Waals surface area (Å²) in [5.74, 6) is 0.336. The number of pyridine rings is 1. The molecule has 1 saturated carbocycles. The molecule has 1 aliphatic rings. The number of ether oxygens (including phenoxy) is 1. The van der Waals surface area contributed by atoms with Crippen LogP contribution in [0.4, 0.5) is 4.39 Å². The number of hydrogen-bond donors (Lipinski definition) is 1. The second-order valence-corrected chi connectivity index (χ2v) is 8.74. The maximum atomic E-state index is 13.4. The fraction of sp³-hybridized carbons (Fsp3) is 0.182. The summed E-state index contributed by atoms with van der Waals surface area (Å²) in [4.78, 5) is 4.56. The zero-order valence-electron chi connectivity index (χ0n) is 15.9. The van der Waals surface area contributed by atoms with Gasteiger partial charge in [0.05, 0.1) is 17.2 Å². The highest BCUT2D eigenvalue weighted by molar-refractivity contribution is 7.89. The van der Waals surface area contributed by atoms with E-state index in [0.717, 1.165) is 12.8 Å². The number of hydrogen-bond acceptors (Lipinski definition) is 5. The third-order valence-corrected chi connectivity index (χ3v) is 5.80. The summed E-state index contributed by atoms with van der Waals surface area (Å²) in [6.45, 7) is 0.493. The predicted octanol–water partition coefficient (Wildman–Crippen LogP) is 3.86. The molecule has 1 heterocycles. The molecule has 6 nitrogen and oxygen atoms in total. The number of nitrogens with two attached hydrogens (primary N) is 1. The molecule has 152 valence electrons. The van der Waals surface area contributed by atoms with Crippen LogP contribution in [0.25, 0.3) is 22.4 Å². The Morgan fingerprint density at radius 2 is 1.73 bits per heavy atom. The normalized spacial score (nSPS) is 13.6. The first-order valence-electron chi connectivity index (χ1n) is 9.32. The maximum absolute atomic E-state index is 13.4. The second-order valence-electron chi connectivity index (χ2n) is 7.18. The van der Waals surface area contributed by atoms with Crippen LogP contribution in [-0.2, 0) is 10.0 Å². The molecule has 0 spiro atoms. The summed E-state index contributed by atoms with van der Waals surface area (Å²) in [6.07, 6.45) is 2.20. The van der Waals surface area contributed by atoms with Crippen LogP contribution in [0.5, 0.6) is 5.88 Å². The molecule has 1 aromatic heterocycles. The molecule has 3 aromatic rings. The summed E-state index contributed by atoms with van der Waals surface area (Å²) in [6, 6.07) is 15.6. The Morgan fingerprint density at radius 3 is 2.30 bits per heavy atom. The molecule has 0 atom stereocenters. The Hall–Kier alpha value is -3.28. The molecular formula is C22H18FN3O3S. The monoisotopic (exact) mass is 423 g/mol. The number of nitriles is 1. The number of benzene rings is 2. The Balaban J connectivity index is 1.84. The highest BCUT2D eigenvalue weighted by atomic mass is 32.2. The van der Waals surface area contributed by atoms with Crippen molar-refractivity contribution >= 4 is 10.0 Å². The maximum Gasteiger partial charge on any atom is 0.238 e. The number of primary sulfonamides is 1. The first-order chi connectivity index (χ1) is 14.3. The highest BCUT2D eigenvalue weighted by Crippen LogP contribution is 2.36. The minimum absolute atomic E-state index is 0.0209. The van der Waals surface area contributed by atoms with Crippen LogP contribution >= 0.6 is 0 Å². The lowest BCUT2D eigenvalue weighted by molar-refractivity contribution is 0.288. The predicted molar refractivity (Wildman–Crippen MR) is 109 cm³/mol. The molecule has 0 aliphatic heterocycles. The number of aromatic nitrogens is 1. The summed E-state index contributed by atoms with van der Waals surface area (Å²) >= 11 is 0. The van der Waals surface area contributed by atoms with Crippen molar-refractivity contribution in [2.24, 2.45) is 11.1 Å². The topological polar surface area (TPSA) is 106 Å². The Labute approximate surface area is 173 Å². The van der Waals surface area contributed by atoms with Gasteiger partial charge in [-0.25, -0.2) is 22.9 Å². The van der Waals surface area contributed by atoms with Gasteiger partial charge in [-0.15, -0.1) is 0 Å². The quantitative estimate of drug-likeness (QED) is 0.648. The molecule has 30 heavy (non-hydrogen) atoms. The third kappa shape index (κ3) is 4.32. The van der Waals surface area contributed by atoms with Crippen molar-refractivity contribution in [1.82, 2.24) is 4.98 Å². The van der Waals surface area contributed by atoms with Crippen molar-refractivity contribution in [2.75, 3.05) is 6.61 Å². The van der Waals surface area contributed by atoms with Gasteiger partial charge in [0.1, 0.15) is 17.4 Å². The van der Waals surface area contributed by atoms with Crippen LogP contribution in [0.15, 0.2) is 59.5 Å². The van der Waals surface area contributed by atoms with Gasteiger partial charge in [0.2, 0.25) is 15.9 Å². The van der Waals surface area contributed by atoms with Crippen molar-refractivity contribution in [2.45, 2.75) is 17.7 Å². The van der Waals surface area contributed by atoms with Crippen LogP contribution in [-0.4, -0.2) is 20.0 Å². The van der Waals surface area contributed by atoms with Crippen molar-refractivity contribution < 1.29 is 17.5 Å². The minimum atomic E-state index is -3.83. The van der Waals surface area contributed by atoms with E-state index < -0.39 is 10.0 Å². The van der Waals surface area contributed by atoms with Crippen LogP contribution in [0, 0.1) is 23.1 Å².